The van der Waals surface area contributed by atoms with Gasteiger partial charge in [-0.1, -0.05) is 29.3 Å². The number of nitrogens with one attached hydrogen (secondary N) is 1. The number of rotatable bonds is 4. The zero-order valence-electron chi connectivity index (χ0n) is 17.4. The van der Waals surface area contributed by atoms with Crippen molar-refractivity contribution in [2.45, 2.75) is 65.7 Å². The van der Waals surface area contributed by atoms with Crippen LogP contribution in [-0.4, -0.2) is 17.6 Å². The molecule has 1 aliphatic rings. The van der Waals surface area contributed by atoms with Crippen LogP contribution in [0.3, 0.4) is 0 Å². The zero-order chi connectivity index (χ0) is 20.6. The molecular formula is C23H28ClNO3. The third-order valence-corrected chi connectivity index (χ3v) is 5.63. The van der Waals surface area contributed by atoms with Gasteiger partial charge in [0.05, 0.1) is 6.04 Å². The van der Waals surface area contributed by atoms with E-state index in [0.29, 0.717) is 12.2 Å². The Bertz CT molecular complexity index is 884. The number of amides is 1. The highest BCUT2D eigenvalue weighted by atomic mass is 35.5. The number of carbonyl (C=O) groups is 1. The van der Waals surface area contributed by atoms with Crippen LogP contribution in [0.15, 0.2) is 30.3 Å². The molecule has 2 aromatic carbocycles. The molecule has 1 heterocycles. The Kier molecular flexibility index (Phi) is 5.62. The van der Waals surface area contributed by atoms with Gasteiger partial charge in [-0.15, -0.1) is 0 Å². The highest BCUT2D eigenvalue weighted by Crippen LogP contribution is 2.40. The molecule has 28 heavy (non-hydrogen) atoms. The van der Waals surface area contributed by atoms with Crippen molar-refractivity contribution in [3.63, 3.8) is 0 Å². The molecule has 2 aromatic rings. The smallest absolute Gasteiger partial charge is 0.261 e. The average Bonchev–Trinajstić information content (AvgIpc) is 2.59. The first kappa shape index (κ1) is 20.5. The summed E-state index contributed by atoms with van der Waals surface area (Å²) >= 11 is 6.22. The van der Waals surface area contributed by atoms with Crippen molar-refractivity contribution in [3.05, 3.63) is 57.6 Å². The highest BCUT2D eigenvalue weighted by Gasteiger charge is 2.35. The van der Waals surface area contributed by atoms with E-state index >= 15 is 0 Å². The Morgan fingerprint density at radius 1 is 1.21 bits per heavy atom. The van der Waals surface area contributed by atoms with Gasteiger partial charge in [0.15, 0.2) is 6.10 Å². The largest absolute Gasteiger partial charge is 0.487 e. The number of fused-ring (bicyclic) bond motifs is 1. The van der Waals surface area contributed by atoms with E-state index in [1.807, 2.05) is 58.9 Å². The summed E-state index contributed by atoms with van der Waals surface area (Å²) in [5, 5.41) is 3.87. The average molecular weight is 402 g/mol. The maximum absolute atomic E-state index is 12.9. The normalized spacial score (nSPS) is 18.6. The molecule has 0 saturated heterocycles. The Morgan fingerprint density at radius 3 is 2.50 bits per heavy atom. The van der Waals surface area contributed by atoms with Gasteiger partial charge in [0.25, 0.3) is 5.91 Å². The van der Waals surface area contributed by atoms with Crippen LogP contribution >= 0.6 is 11.6 Å². The van der Waals surface area contributed by atoms with Gasteiger partial charge < -0.3 is 14.8 Å². The molecule has 2 unspecified atom stereocenters. The molecule has 1 amide bonds. The first-order chi connectivity index (χ1) is 13.1. The Morgan fingerprint density at radius 2 is 1.86 bits per heavy atom. The summed E-state index contributed by atoms with van der Waals surface area (Å²) in [5.74, 6) is 1.32. The molecule has 1 N–H and O–H groups in total. The molecule has 1 aliphatic heterocycles. The van der Waals surface area contributed by atoms with Crippen LogP contribution < -0.4 is 14.8 Å². The second kappa shape index (κ2) is 7.67. The van der Waals surface area contributed by atoms with E-state index in [2.05, 4.69) is 11.4 Å². The van der Waals surface area contributed by atoms with Gasteiger partial charge in [-0.25, -0.2) is 0 Å². The molecule has 0 bridgehead atoms. The Labute approximate surface area is 172 Å². The molecule has 5 heteroatoms. The van der Waals surface area contributed by atoms with Gasteiger partial charge in [0, 0.05) is 17.0 Å². The van der Waals surface area contributed by atoms with Crippen LogP contribution in [0.2, 0.25) is 5.02 Å². The maximum Gasteiger partial charge on any atom is 0.261 e. The van der Waals surface area contributed by atoms with Crippen molar-refractivity contribution in [3.8, 4) is 11.5 Å². The minimum absolute atomic E-state index is 0.120. The van der Waals surface area contributed by atoms with Crippen molar-refractivity contribution in [1.82, 2.24) is 5.32 Å². The molecule has 150 valence electrons. The van der Waals surface area contributed by atoms with Gasteiger partial charge in [-0.3, -0.25) is 4.79 Å². The Balaban J connectivity index is 1.76. The molecule has 3 rings (SSSR count). The summed E-state index contributed by atoms with van der Waals surface area (Å²) in [4.78, 5) is 12.9. The van der Waals surface area contributed by atoms with E-state index in [4.69, 9.17) is 21.1 Å². The number of halogens is 1. The van der Waals surface area contributed by atoms with Crippen molar-refractivity contribution < 1.29 is 14.3 Å². The monoisotopic (exact) mass is 401 g/mol. The van der Waals surface area contributed by atoms with E-state index in [-0.39, 0.29) is 17.6 Å². The third kappa shape index (κ3) is 4.44. The van der Waals surface area contributed by atoms with Crippen LogP contribution in [0, 0.1) is 20.8 Å². The summed E-state index contributed by atoms with van der Waals surface area (Å²) < 4.78 is 12.0. The molecule has 0 fully saturated rings. The number of benzene rings is 2. The summed E-state index contributed by atoms with van der Waals surface area (Å²) in [6.45, 7) is 11.7. The molecule has 0 saturated carbocycles. The van der Waals surface area contributed by atoms with E-state index in [0.717, 1.165) is 33.0 Å². The van der Waals surface area contributed by atoms with Crippen LogP contribution in [0.25, 0.3) is 0 Å². The number of hydrogen-bond donors (Lipinski definition) is 1. The minimum atomic E-state index is -0.626. The lowest BCUT2D eigenvalue weighted by Crippen LogP contribution is -2.44. The number of carbonyl (C=O) groups excluding carboxylic acids is 1. The number of aryl methyl sites for hydroxylation is 3. The lowest BCUT2D eigenvalue weighted by atomic mass is 9.89. The van der Waals surface area contributed by atoms with Crippen LogP contribution in [-0.2, 0) is 4.79 Å². The first-order valence-corrected chi connectivity index (χ1v) is 9.97. The maximum atomic E-state index is 12.9. The standard InChI is InChI=1S/C23H28ClNO3/c1-13-7-8-20-18(9-13)19(12-23(5,6)28-20)25-22(26)16(4)27-17-10-14(2)21(24)15(3)11-17/h7-11,16,19H,12H2,1-6H3,(H,25,26). The quantitative estimate of drug-likeness (QED) is 0.740. The molecule has 0 radical (unpaired) electrons. The fraction of sp³-hybridized carbons (Fsp3) is 0.435. The summed E-state index contributed by atoms with van der Waals surface area (Å²) in [5.41, 5.74) is 3.66. The van der Waals surface area contributed by atoms with E-state index < -0.39 is 6.10 Å². The predicted octanol–water partition coefficient (Wildman–Crippen LogP) is 5.45. The van der Waals surface area contributed by atoms with Crippen molar-refractivity contribution in [2.24, 2.45) is 0 Å². The van der Waals surface area contributed by atoms with Gasteiger partial charge >= 0.3 is 0 Å². The molecule has 4 nitrogen and oxygen atoms in total. The highest BCUT2D eigenvalue weighted by molar-refractivity contribution is 6.32. The van der Waals surface area contributed by atoms with Crippen molar-refractivity contribution in [2.75, 3.05) is 0 Å². The molecule has 0 spiro atoms. The van der Waals surface area contributed by atoms with E-state index in [1.54, 1.807) is 6.92 Å². The van der Waals surface area contributed by atoms with Gasteiger partial charge in [0.1, 0.15) is 17.1 Å². The second-order valence-corrected chi connectivity index (χ2v) is 8.68. The molecule has 0 aromatic heterocycles. The zero-order valence-corrected chi connectivity index (χ0v) is 18.1. The van der Waals surface area contributed by atoms with E-state index in [9.17, 15) is 4.79 Å². The summed E-state index contributed by atoms with van der Waals surface area (Å²) in [6.07, 6.45) is 0.0698. The summed E-state index contributed by atoms with van der Waals surface area (Å²) in [6, 6.07) is 9.67. The lowest BCUT2D eigenvalue weighted by molar-refractivity contribution is -0.128. The second-order valence-electron chi connectivity index (χ2n) is 8.30. The van der Waals surface area contributed by atoms with Gasteiger partial charge in [0.2, 0.25) is 0 Å². The fourth-order valence-electron chi connectivity index (χ4n) is 3.62. The van der Waals surface area contributed by atoms with Crippen molar-refractivity contribution in [1.29, 1.82) is 0 Å². The molecular weight excluding hydrogens is 374 g/mol. The molecule has 2 atom stereocenters. The van der Waals surface area contributed by atoms with Crippen LogP contribution in [0.4, 0.5) is 0 Å². The topological polar surface area (TPSA) is 47.6 Å². The fourth-order valence-corrected chi connectivity index (χ4v) is 3.73. The van der Waals surface area contributed by atoms with Crippen molar-refractivity contribution >= 4 is 17.5 Å². The first-order valence-electron chi connectivity index (χ1n) is 9.59. The van der Waals surface area contributed by atoms with Gasteiger partial charge in [-0.05, 0) is 70.9 Å². The van der Waals surface area contributed by atoms with Gasteiger partial charge in [-0.2, -0.15) is 0 Å². The predicted molar refractivity (Wildman–Crippen MR) is 112 cm³/mol. The van der Waals surface area contributed by atoms with E-state index in [1.165, 1.54) is 0 Å². The number of hydrogen-bond acceptors (Lipinski definition) is 3. The number of ether oxygens (including phenoxy) is 2. The van der Waals surface area contributed by atoms with Crippen LogP contribution in [0.5, 0.6) is 11.5 Å². The summed E-state index contributed by atoms with van der Waals surface area (Å²) in [7, 11) is 0. The SMILES string of the molecule is Cc1ccc2c(c1)C(NC(=O)C(C)Oc1cc(C)c(Cl)c(C)c1)CC(C)(C)O2. The lowest BCUT2D eigenvalue weighted by Gasteiger charge is -2.38. The van der Waals surface area contributed by atoms with Crippen LogP contribution in [0.1, 0.15) is 55.5 Å². The molecule has 0 aliphatic carbocycles. The Hall–Kier alpha value is -2.20. The third-order valence-electron chi connectivity index (χ3n) is 5.03. The minimum Gasteiger partial charge on any atom is -0.487 e.